The molecule has 3 nitrogen and oxygen atoms in total. The summed E-state index contributed by atoms with van der Waals surface area (Å²) in [5, 5.41) is 3.51. The standard InChI is InChI=1S/C21H31N3.C2H6/c22-20-10-4-5-11-21(20)23-14-6-9-18-12-15-24(16-13-18)17-19-7-2-1-3-8-19;1-2/h1-3,5,7-8,11,18,23H,4,6,9-10,12-17,22H2;1-2H3. The first-order chi connectivity index (χ1) is 12.8. The third kappa shape index (κ3) is 6.87. The van der Waals surface area contributed by atoms with E-state index in [0.29, 0.717) is 0 Å². The highest BCUT2D eigenvalue weighted by molar-refractivity contribution is 5.25. The van der Waals surface area contributed by atoms with E-state index in [-0.39, 0.29) is 0 Å². The van der Waals surface area contributed by atoms with Crippen molar-refractivity contribution in [2.24, 2.45) is 11.7 Å². The van der Waals surface area contributed by atoms with E-state index >= 15 is 0 Å². The summed E-state index contributed by atoms with van der Waals surface area (Å²) < 4.78 is 0. The molecule has 2 aliphatic rings. The maximum atomic E-state index is 6.04. The molecular weight excluding hydrogens is 318 g/mol. The SMILES string of the molecule is CC.NC1=C(NCCCC2CCN(Cc3ccccc3)CC2)C=CCC1. The molecule has 0 atom stereocenters. The molecule has 1 aliphatic carbocycles. The van der Waals surface area contributed by atoms with E-state index in [9.17, 15) is 0 Å². The predicted octanol–water partition coefficient (Wildman–Crippen LogP) is 4.81. The summed E-state index contributed by atoms with van der Waals surface area (Å²) in [5.41, 5.74) is 9.65. The van der Waals surface area contributed by atoms with Gasteiger partial charge in [-0.3, -0.25) is 4.90 Å². The first-order valence-electron chi connectivity index (χ1n) is 10.5. The minimum atomic E-state index is 0.895. The van der Waals surface area contributed by atoms with Crippen molar-refractivity contribution in [3.05, 3.63) is 59.4 Å². The molecule has 0 amide bonds. The molecule has 0 saturated carbocycles. The molecule has 3 heteroatoms. The van der Waals surface area contributed by atoms with Crippen LogP contribution in [0.15, 0.2) is 53.9 Å². The van der Waals surface area contributed by atoms with Crippen molar-refractivity contribution in [2.45, 2.75) is 58.9 Å². The Morgan fingerprint density at radius 2 is 1.85 bits per heavy atom. The molecule has 1 heterocycles. The van der Waals surface area contributed by atoms with Crippen LogP contribution in [0.5, 0.6) is 0 Å². The fourth-order valence-corrected chi connectivity index (χ4v) is 3.74. The Morgan fingerprint density at radius 3 is 2.54 bits per heavy atom. The lowest BCUT2D eigenvalue weighted by atomic mass is 9.92. The van der Waals surface area contributed by atoms with Gasteiger partial charge in [-0.25, -0.2) is 0 Å². The largest absolute Gasteiger partial charge is 0.400 e. The van der Waals surface area contributed by atoms with Gasteiger partial charge in [-0.2, -0.15) is 0 Å². The number of nitrogens with one attached hydrogen (secondary N) is 1. The highest BCUT2D eigenvalue weighted by Crippen LogP contribution is 2.23. The molecule has 26 heavy (non-hydrogen) atoms. The number of hydrogen-bond donors (Lipinski definition) is 2. The van der Waals surface area contributed by atoms with Crippen molar-refractivity contribution in [3.63, 3.8) is 0 Å². The Morgan fingerprint density at radius 1 is 1.12 bits per heavy atom. The summed E-state index contributed by atoms with van der Waals surface area (Å²) in [6, 6.07) is 10.8. The first kappa shape index (κ1) is 20.6. The van der Waals surface area contributed by atoms with Gasteiger partial charge in [-0.1, -0.05) is 50.3 Å². The van der Waals surface area contributed by atoms with Crippen LogP contribution in [0.2, 0.25) is 0 Å². The van der Waals surface area contributed by atoms with E-state index < -0.39 is 0 Å². The van der Waals surface area contributed by atoms with Gasteiger partial charge in [0, 0.05) is 18.8 Å². The third-order valence-electron chi connectivity index (χ3n) is 5.27. The zero-order valence-corrected chi connectivity index (χ0v) is 16.7. The molecule has 1 fully saturated rings. The summed E-state index contributed by atoms with van der Waals surface area (Å²) in [4.78, 5) is 2.60. The highest BCUT2D eigenvalue weighted by Gasteiger charge is 2.18. The van der Waals surface area contributed by atoms with Crippen LogP contribution in [0.4, 0.5) is 0 Å². The highest BCUT2D eigenvalue weighted by atomic mass is 15.1. The number of hydrogen-bond acceptors (Lipinski definition) is 3. The van der Waals surface area contributed by atoms with Gasteiger partial charge in [-0.15, -0.1) is 0 Å². The maximum Gasteiger partial charge on any atom is 0.0527 e. The van der Waals surface area contributed by atoms with Crippen molar-refractivity contribution < 1.29 is 0 Å². The molecule has 0 radical (unpaired) electrons. The number of rotatable bonds is 7. The van der Waals surface area contributed by atoms with Gasteiger partial charge in [0.1, 0.15) is 0 Å². The first-order valence-corrected chi connectivity index (χ1v) is 10.5. The quantitative estimate of drug-likeness (QED) is 0.689. The summed E-state index contributed by atoms with van der Waals surface area (Å²) >= 11 is 0. The Balaban J connectivity index is 0.00000117. The fraction of sp³-hybridized carbons (Fsp3) is 0.565. The predicted molar refractivity (Wildman–Crippen MR) is 113 cm³/mol. The Kier molecular flexibility index (Phi) is 9.33. The topological polar surface area (TPSA) is 41.3 Å². The molecule has 3 N–H and O–H groups in total. The van der Waals surface area contributed by atoms with Gasteiger partial charge < -0.3 is 11.1 Å². The number of benzene rings is 1. The number of piperidine rings is 1. The van der Waals surface area contributed by atoms with Crippen LogP contribution in [-0.4, -0.2) is 24.5 Å². The minimum Gasteiger partial charge on any atom is -0.400 e. The van der Waals surface area contributed by atoms with Crippen LogP contribution in [-0.2, 0) is 6.54 Å². The molecule has 3 rings (SSSR count). The van der Waals surface area contributed by atoms with E-state index in [1.165, 1.54) is 44.3 Å². The van der Waals surface area contributed by atoms with E-state index in [0.717, 1.165) is 43.2 Å². The molecule has 144 valence electrons. The molecule has 1 aromatic carbocycles. The molecule has 0 spiro atoms. The van der Waals surface area contributed by atoms with Gasteiger partial charge >= 0.3 is 0 Å². The number of nitrogens with two attached hydrogens (primary N) is 1. The average molecular weight is 356 g/mol. The Bertz CT molecular complexity index is 554. The monoisotopic (exact) mass is 355 g/mol. The van der Waals surface area contributed by atoms with Crippen molar-refractivity contribution in [1.29, 1.82) is 0 Å². The van der Waals surface area contributed by atoms with E-state index in [1.807, 2.05) is 13.8 Å². The summed E-state index contributed by atoms with van der Waals surface area (Å²) in [5.74, 6) is 0.895. The zero-order valence-electron chi connectivity index (χ0n) is 16.7. The lowest BCUT2D eigenvalue weighted by Crippen LogP contribution is -2.33. The molecule has 1 saturated heterocycles. The lowest BCUT2D eigenvalue weighted by Gasteiger charge is -2.32. The zero-order chi connectivity index (χ0) is 18.6. The van der Waals surface area contributed by atoms with Crippen molar-refractivity contribution >= 4 is 0 Å². The van der Waals surface area contributed by atoms with Crippen LogP contribution in [0, 0.1) is 5.92 Å². The Hall–Kier alpha value is -1.74. The van der Waals surface area contributed by atoms with Crippen molar-refractivity contribution in [1.82, 2.24) is 10.2 Å². The van der Waals surface area contributed by atoms with Gasteiger partial charge in [0.15, 0.2) is 0 Å². The molecule has 0 aromatic heterocycles. The molecular formula is C23H37N3. The number of likely N-dealkylation sites (tertiary alicyclic amines) is 1. The van der Waals surface area contributed by atoms with E-state index in [4.69, 9.17) is 5.73 Å². The van der Waals surface area contributed by atoms with Gasteiger partial charge in [0.2, 0.25) is 0 Å². The average Bonchev–Trinajstić information content (AvgIpc) is 2.70. The normalized spacial score (nSPS) is 18.4. The van der Waals surface area contributed by atoms with Crippen LogP contribution in [0.25, 0.3) is 0 Å². The summed E-state index contributed by atoms with van der Waals surface area (Å²) in [7, 11) is 0. The second-order valence-electron chi connectivity index (χ2n) is 7.15. The van der Waals surface area contributed by atoms with E-state index in [1.54, 1.807) is 0 Å². The van der Waals surface area contributed by atoms with Crippen LogP contribution in [0.1, 0.15) is 57.9 Å². The Labute approximate surface area is 160 Å². The molecule has 1 aliphatic heterocycles. The van der Waals surface area contributed by atoms with Gasteiger partial charge in [-0.05, 0) is 69.2 Å². The van der Waals surface area contributed by atoms with Crippen LogP contribution < -0.4 is 11.1 Å². The molecule has 0 bridgehead atoms. The van der Waals surface area contributed by atoms with Crippen molar-refractivity contribution in [3.8, 4) is 0 Å². The molecule has 0 unspecified atom stereocenters. The third-order valence-corrected chi connectivity index (χ3v) is 5.27. The van der Waals surface area contributed by atoms with Gasteiger partial charge in [0.05, 0.1) is 5.70 Å². The summed E-state index contributed by atoms with van der Waals surface area (Å²) in [6.45, 7) is 8.64. The lowest BCUT2D eigenvalue weighted by molar-refractivity contribution is 0.171. The van der Waals surface area contributed by atoms with Crippen LogP contribution >= 0.6 is 0 Å². The minimum absolute atomic E-state index is 0.895. The maximum absolute atomic E-state index is 6.04. The fourth-order valence-electron chi connectivity index (χ4n) is 3.74. The second kappa shape index (κ2) is 11.8. The second-order valence-corrected chi connectivity index (χ2v) is 7.15. The summed E-state index contributed by atoms with van der Waals surface area (Å²) in [6.07, 6.45) is 11.7. The van der Waals surface area contributed by atoms with Crippen LogP contribution in [0.3, 0.4) is 0 Å². The van der Waals surface area contributed by atoms with Crippen molar-refractivity contribution in [2.75, 3.05) is 19.6 Å². The molecule has 1 aromatic rings. The smallest absolute Gasteiger partial charge is 0.0527 e. The van der Waals surface area contributed by atoms with E-state index in [2.05, 4.69) is 52.7 Å². The van der Waals surface area contributed by atoms with Gasteiger partial charge in [0.25, 0.3) is 0 Å². The number of nitrogens with zero attached hydrogens (tertiary/aromatic N) is 1. The number of allylic oxidation sites excluding steroid dienone is 3.